The zero-order valence-electron chi connectivity index (χ0n) is 13.0. The van der Waals surface area contributed by atoms with Gasteiger partial charge in [0.1, 0.15) is 0 Å². The maximum Gasteiger partial charge on any atom is 0.205 e. The number of imidazole rings is 1. The van der Waals surface area contributed by atoms with Crippen LogP contribution >= 0.6 is 0 Å². The molecule has 0 spiro atoms. The first kappa shape index (κ1) is 15.3. The van der Waals surface area contributed by atoms with Crippen molar-refractivity contribution in [3.63, 3.8) is 0 Å². The molecule has 2 heterocycles. The molecule has 2 N–H and O–H groups in total. The minimum atomic E-state index is 0.258. The standard InChI is InChI=1S/C15H28N4O/c1-4-13-10-18(7-6-8-20-5-2)15(17-13)19-9-12(3)14(16)11-19/h10,12,14H,4-9,11,16H2,1-3H3. The molecule has 1 aromatic heterocycles. The number of nitrogens with zero attached hydrogens (tertiary/aromatic N) is 3. The fourth-order valence-corrected chi connectivity index (χ4v) is 2.68. The molecule has 114 valence electrons. The number of hydrogen-bond donors (Lipinski definition) is 1. The van der Waals surface area contributed by atoms with Gasteiger partial charge in [0.15, 0.2) is 0 Å². The normalized spacial score (nSPS) is 22.7. The molecule has 2 rings (SSSR count). The highest BCUT2D eigenvalue weighted by atomic mass is 16.5. The topological polar surface area (TPSA) is 56.3 Å². The van der Waals surface area contributed by atoms with Gasteiger partial charge in [-0.15, -0.1) is 0 Å². The third-order valence-corrected chi connectivity index (χ3v) is 4.01. The molecule has 20 heavy (non-hydrogen) atoms. The number of rotatable bonds is 7. The maximum atomic E-state index is 6.14. The zero-order chi connectivity index (χ0) is 14.5. The third kappa shape index (κ3) is 3.52. The fraction of sp³-hybridized carbons (Fsp3) is 0.800. The van der Waals surface area contributed by atoms with E-state index in [1.165, 1.54) is 0 Å². The molecule has 5 heteroatoms. The molecule has 1 aliphatic heterocycles. The highest BCUT2D eigenvalue weighted by molar-refractivity contribution is 5.36. The van der Waals surface area contributed by atoms with Gasteiger partial charge >= 0.3 is 0 Å². The minimum Gasteiger partial charge on any atom is -0.382 e. The first-order valence-electron chi connectivity index (χ1n) is 7.80. The van der Waals surface area contributed by atoms with Crippen molar-refractivity contribution in [1.82, 2.24) is 9.55 Å². The first-order valence-corrected chi connectivity index (χ1v) is 7.80. The summed E-state index contributed by atoms with van der Waals surface area (Å²) in [6.07, 6.45) is 4.17. The lowest BCUT2D eigenvalue weighted by Crippen LogP contribution is -2.29. The summed E-state index contributed by atoms with van der Waals surface area (Å²) in [5, 5.41) is 0. The van der Waals surface area contributed by atoms with Crippen molar-refractivity contribution in [2.75, 3.05) is 31.2 Å². The average Bonchev–Trinajstić information content (AvgIpc) is 2.99. The highest BCUT2D eigenvalue weighted by Crippen LogP contribution is 2.23. The van der Waals surface area contributed by atoms with Crippen molar-refractivity contribution in [1.29, 1.82) is 0 Å². The summed E-state index contributed by atoms with van der Waals surface area (Å²) in [5.74, 6) is 1.62. The zero-order valence-corrected chi connectivity index (χ0v) is 13.0. The lowest BCUT2D eigenvalue weighted by molar-refractivity contribution is 0.141. The van der Waals surface area contributed by atoms with Crippen LogP contribution in [-0.4, -0.2) is 41.9 Å². The number of anilines is 1. The monoisotopic (exact) mass is 280 g/mol. The van der Waals surface area contributed by atoms with E-state index in [0.29, 0.717) is 5.92 Å². The maximum absolute atomic E-state index is 6.14. The van der Waals surface area contributed by atoms with Gasteiger partial charge in [0.2, 0.25) is 5.95 Å². The van der Waals surface area contributed by atoms with E-state index in [9.17, 15) is 0 Å². The van der Waals surface area contributed by atoms with Gasteiger partial charge in [0.05, 0.1) is 5.69 Å². The predicted molar refractivity (Wildman–Crippen MR) is 82.1 cm³/mol. The summed E-state index contributed by atoms with van der Waals surface area (Å²) < 4.78 is 7.69. The Kier molecular flexibility index (Phi) is 5.43. The van der Waals surface area contributed by atoms with E-state index >= 15 is 0 Å². The van der Waals surface area contributed by atoms with Crippen LogP contribution in [0.2, 0.25) is 0 Å². The molecule has 0 saturated carbocycles. The van der Waals surface area contributed by atoms with E-state index in [-0.39, 0.29) is 6.04 Å². The molecule has 0 amide bonds. The van der Waals surface area contributed by atoms with Gasteiger partial charge in [-0.2, -0.15) is 0 Å². The summed E-state index contributed by atoms with van der Waals surface area (Å²) in [6.45, 7) is 10.9. The van der Waals surface area contributed by atoms with Crippen LogP contribution in [0.4, 0.5) is 5.95 Å². The van der Waals surface area contributed by atoms with Gasteiger partial charge in [-0.3, -0.25) is 0 Å². The molecule has 0 bridgehead atoms. The number of aromatic nitrogens is 2. The summed E-state index contributed by atoms with van der Waals surface area (Å²) in [6, 6.07) is 0.258. The second kappa shape index (κ2) is 7.09. The predicted octanol–water partition coefficient (Wildman–Crippen LogP) is 1.66. The van der Waals surface area contributed by atoms with Gasteiger partial charge in [0.25, 0.3) is 0 Å². The molecule has 0 aromatic carbocycles. The molecular formula is C15H28N4O. The van der Waals surface area contributed by atoms with Crippen LogP contribution in [0.5, 0.6) is 0 Å². The molecule has 1 saturated heterocycles. The molecule has 0 radical (unpaired) electrons. The second-order valence-electron chi connectivity index (χ2n) is 5.68. The molecule has 1 aliphatic rings. The van der Waals surface area contributed by atoms with Gasteiger partial charge in [0, 0.05) is 45.1 Å². The summed E-state index contributed by atoms with van der Waals surface area (Å²) in [5.41, 5.74) is 7.29. The van der Waals surface area contributed by atoms with Crippen LogP contribution in [0.3, 0.4) is 0 Å². The van der Waals surface area contributed by atoms with Crippen LogP contribution in [0.15, 0.2) is 6.20 Å². The van der Waals surface area contributed by atoms with E-state index in [4.69, 9.17) is 15.5 Å². The molecule has 2 atom stereocenters. The Bertz CT molecular complexity index is 408. The van der Waals surface area contributed by atoms with Crippen molar-refractivity contribution < 1.29 is 4.74 Å². The average molecular weight is 280 g/mol. The quantitative estimate of drug-likeness (QED) is 0.772. The minimum absolute atomic E-state index is 0.258. The molecule has 2 unspecified atom stereocenters. The third-order valence-electron chi connectivity index (χ3n) is 4.01. The van der Waals surface area contributed by atoms with Crippen molar-refractivity contribution in [3.05, 3.63) is 11.9 Å². The van der Waals surface area contributed by atoms with Crippen molar-refractivity contribution in [3.8, 4) is 0 Å². The Morgan fingerprint density at radius 3 is 2.80 bits per heavy atom. The molecule has 1 fully saturated rings. The SMILES string of the molecule is CCOCCCn1cc(CC)nc1N1CC(C)C(N)C1. The van der Waals surface area contributed by atoms with Crippen LogP contribution in [-0.2, 0) is 17.7 Å². The van der Waals surface area contributed by atoms with Crippen molar-refractivity contribution in [2.24, 2.45) is 11.7 Å². The Balaban J connectivity index is 2.04. The molecule has 5 nitrogen and oxygen atoms in total. The lowest BCUT2D eigenvalue weighted by atomic mass is 10.1. The molecular weight excluding hydrogens is 252 g/mol. The number of nitrogens with two attached hydrogens (primary N) is 1. The first-order chi connectivity index (χ1) is 9.65. The lowest BCUT2D eigenvalue weighted by Gasteiger charge is -2.18. The number of hydrogen-bond acceptors (Lipinski definition) is 4. The molecule has 1 aromatic rings. The van der Waals surface area contributed by atoms with Crippen LogP contribution in [0.25, 0.3) is 0 Å². The van der Waals surface area contributed by atoms with Gasteiger partial charge in [-0.1, -0.05) is 13.8 Å². The summed E-state index contributed by atoms with van der Waals surface area (Å²) in [4.78, 5) is 7.10. The van der Waals surface area contributed by atoms with E-state index in [2.05, 4.69) is 29.5 Å². The second-order valence-corrected chi connectivity index (χ2v) is 5.68. The largest absolute Gasteiger partial charge is 0.382 e. The van der Waals surface area contributed by atoms with E-state index in [0.717, 1.165) is 57.3 Å². The van der Waals surface area contributed by atoms with E-state index in [1.54, 1.807) is 0 Å². The Morgan fingerprint density at radius 2 is 2.20 bits per heavy atom. The molecule has 0 aliphatic carbocycles. The Morgan fingerprint density at radius 1 is 1.40 bits per heavy atom. The van der Waals surface area contributed by atoms with Crippen LogP contribution < -0.4 is 10.6 Å². The van der Waals surface area contributed by atoms with E-state index < -0.39 is 0 Å². The summed E-state index contributed by atoms with van der Waals surface area (Å²) in [7, 11) is 0. The smallest absolute Gasteiger partial charge is 0.205 e. The van der Waals surface area contributed by atoms with Gasteiger partial charge < -0.3 is 19.9 Å². The van der Waals surface area contributed by atoms with Crippen LogP contribution in [0, 0.1) is 5.92 Å². The van der Waals surface area contributed by atoms with Gasteiger partial charge in [-0.25, -0.2) is 4.98 Å². The van der Waals surface area contributed by atoms with Crippen molar-refractivity contribution in [2.45, 2.75) is 46.2 Å². The number of aryl methyl sites for hydroxylation is 2. The summed E-state index contributed by atoms with van der Waals surface area (Å²) >= 11 is 0. The Labute approximate surface area is 122 Å². The van der Waals surface area contributed by atoms with Crippen LogP contribution in [0.1, 0.15) is 32.9 Å². The van der Waals surface area contributed by atoms with Gasteiger partial charge in [-0.05, 0) is 25.7 Å². The van der Waals surface area contributed by atoms with E-state index in [1.807, 2.05) is 6.92 Å². The Hall–Kier alpha value is -1.07. The highest BCUT2D eigenvalue weighted by Gasteiger charge is 2.29. The van der Waals surface area contributed by atoms with Crippen molar-refractivity contribution >= 4 is 5.95 Å². The number of ether oxygens (including phenoxy) is 1. The fourth-order valence-electron chi connectivity index (χ4n) is 2.68.